The summed E-state index contributed by atoms with van der Waals surface area (Å²) in [6, 6.07) is 6.99. The molecular formula is C19H28ClN7O3. The molecule has 1 aliphatic heterocycles. The van der Waals surface area contributed by atoms with E-state index >= 15 is 0 Å². The van der Waals surface area contributed by atoms with Crippen molar-refractivity contribution >= 4 is 40.7 Å². The van der Waals surface area contributed by atoms with E-state index in [2.05, 4.69) is 4.99 Å². The lowest BCUT2D eigenvalue weighted by atomic mass is 10.2. The number of aliphatic hydroxyl groups is 1. The first kappa shape index (κ1) is 23.6. The number of nitrogens with two attached hydrogens (primary N) is 2. The Hall–Kier alpha value is -2.69. The van der Waals surface area contributed by atoms with E-state index in [0.29, 0.717) is 18.0 Å². The molecule has 0 aromatic heterocycles. The second kappa shape index (κ2) is 10.4. The first-order valence-electron chi connectivity index (χ1n) is 9.59. The van der Waals surface area contributed by atoms with Crippen LogP contribution < -0.4 is 21.1 Å². The van der Waals surface area contributed by atoms with Gasteiger partial charge in [-0.2, -0.15) is 0 Å². The predicted octanol–water partition coefficient (Wildman–Crippen LogP) is 1.06. The second-order valence-electron chi connectivity index (χ2n) is 6.90. The third-order valence-corrected chi connectivity index (χ3v) is 4.71. The molecule has 0 spiro atoms. The lowest BCUT2D eigenvalue weighted by Gasteiger charge is -2.39. The lowest BCUT2D eigenvalue weighted by Crippen LogP contribution is -2.64. The summed E-state index contributed by atoms with van der Waals surface area (Å²) >= 11 is 6.08. The van der Waals surface area contributed by atoms with Crippen LogP contribution in [0.2, 0.25) is 0 Å². The number of anilines is 1. The van der Waals surface area contributed by atoms with Gasteiger partial charge >= 0.3 is 0 Å². The van der Waals surface area contributed by atoms with Crippen molar-refractivity contribution in [2.24, 2.45) is 16.5 Å². The summed E-state index contributed by atoms with van der Waals surface area (Å²) < 4.78 is 5.48. The van der Waals surface area contributed by atoms with Crippen molar-refractivity contribution in [1.29, 1.82) is 10.8 Å². The fraction of sp³-hybridized carbons (Fsp3) is 0.474. The molecular weight excluding hydrogens is 410 g/mol. The van der Waals surface area contributed by atoms with E-state index in [0.717, 1.165) is 17.7 Å². The molecule has 1 amide bonds. The monoisotopic (exact) mass is 437 g/mol. The molecule has 11 heteroatoms. The highest BCUT2D eigenvalue weighted by molar-refractivity contribution is 6.45. The standard InChI is InChI=1S/C19H28ClN7O3/c1-3-4-9-26(12-5-7-13(8-6-12)30-10-11(2)28)19(24)27-16(21)14(18(23)29)25-15(20)17(27)22/h5-8,11,15-16,22,24,28H,3-4,9-10,21H2,1-2H3,(H2,23,29). The minimum atomic E-state index is -1.18. The fourth-order valence-electron chi connectivity index (χ4n) is 2.84. The molecule has 0 aliphatic carbocycles. The zero-order valence-corrected chi connectivity index (χ0v) is 17.8. The van der Waals surface area contributed by atoms with Crippen LogP contribution in [0.25, 0.3) is 0 Å². The molecule has 0 saturated carbocycles. The Labute approximate surface area is 180 Å². The molecule has 10 nitrogen and oxygen atoms in total. The van der Waals surface area contributed by atoms with E-state index < -0.39 is 23.7 Å². The van der Waals surface area contributed by atoms with Crippen molar-refractivity contribution in [1.82, 2.24) is 4.90 Å². The van der Waals surface area contributed by atoms with Gasteiger partial charge in [-0.1, -0.05) is 24.9 Å². The van der Waals surface area contributed by atoms with Gasteiger partial charge in [-0.15, -0.1) is 0 Å². The topological polar surface area (TPSA) is 165 Å². The predicted molar refractivity (Wildman–Crippen MR) is 117 cm³/mol. The number of aliphatic hydroxyl groups excluding tert-OH is 1. The molecule has 1 aliphatic rings. The largest absolute Gasteiger partial charge is 0.491 e. The number of nitrogens with one attached hydrogen (secondary N) is 2. The Kier molecular flexibility index (Phi) is 8.16. The first-order chi connectivity index (χ1) is 14.2. The third-order valence-electron chi connectivity index (χ3n) is 4.41. The quantitative estimate of drug-likeness (QED) is 0.176. The van der Waals surface area contributed by atoms with Crippen LogP contribution in [-0.2, 0) is 4.79 Å². The molecule has 3 unspecified atom stereocenters. The summed E-state index contributed by atoms with van der Waals surface area (Å²) in [5, 5.41) is 26.3. The van der Waals surface area contributed by atoms with Gasteiger partial charge in [0.1, 0.15) is 30.1 Å². The number of nitrogens with zero attached hydrogens (tertiary/aromatic N) is 3. The van der Waals surface area contributed by atoms with Crippen molar-refractivity contribution < 1.29 is 14.6 Å². The number of carbonyl (C=O) groups excluding carboxylic acids is 1. The third kappa shape index (κ3) is 5.47. The number of benzene rings is 1. The number of ether oxygens (including phenoxy) is 1. The van der Waals surface area contributed by atoms with Crippen LogP contribution in [0.15, 0.2) is 29.3 Å². The molecule has 1 aromatic carbocycles. The van der Waals surface area contributed by atoms with Gasteiger partial charge in [0.05, 0.1) is 6.10 Å². The molecule has 3 atom stereocenters. The number of primary amides is 1. The molecule has 7 N–H and O–H groups in total. The zero-order valence-electron chi connectivity index (χ0n) is 17.0. The molecule has 0 fully saturated rings. The van der Waals surface area contributed by atoms with E-state index in [1.165, 1.54) is 0 Å². The number of aliphatic imine (C=N–C) groups is 1. The number of amides is 1. The van der Waals surface area contributed by atoms with Gasteiger partial charge in [-0.3, -0.25) is 25.5 Å². The Bertz CT molecular complexity index is 813. The minimum Gasteiger partial charge on any atom is -0.491 e. The van der Waals surface area contributed by atoms with E-state index in [9.17, 15) is 9.90 Å². The number of guanidine groups is 1. The van der Waals surface area contributed by atoms with Crippen molar-refractivity contribution in [3.8, 4) is 5.75 Å². The summed E-state index contributed by atoms with van der Waals surface area (Å²) in [6.45, 7) is 4.30. The van der Waals surface area contributed by atoms with Crippen molar-refractivity contribution in [3.63, 3.8) is 0 Å². The van der Waals surface area contributed by atoms with Crippen molar-refractivity contribution in [3.05, 3.63) is 24.3 Å². The summed E-state index contributed by atoms with van der Waals surface area (Å²) in [6.07, 6.45) is -0.111. The van der Waals surface area contributed by atoms with Crippen LogP contribution in [-0.4, -0.2) is 64.3 Å². The van der Waals surface area contributed by atoms with Crippen LogP contribution >= 0.6 is 11.6 Å². The lowest BCUT2D eigenvalue weighted by molar-refractivity contribution is -0.112. The molecule has 0 saturated heterocycles. The minimum absolute atomic E-state index is 0.113. The number of rotatable bonds is 8. The van der Waals surface area contributed by atoms with E-state index in [1.54, 1.807) is 36.1 Å². The Balaban J connectivity index is 2.32. The van der Waals surface area contributed by atoms with Crippen LogP contribution in [0.4, 0.5) is 5.69 Å². The number of hydrogen-bond donors (Lipinski definition) is 5. The summed E-state index contributed by atoms with van der Waals surface area (Å²) in [5.41, 5.74) is 10.8. The number of amidine groups is 1. The molecule has 30 heavy (non-hydrogen) atoms. The van der Waals surface area contributed by atoms with Crippen LogP contribution in [0, 0.1) is 10.8 Å². The molecule has 2 rings (SSSR count). The molecule has 0 bridgehead atoms. The summed E-state index contributed by atoms with van der Waals surface area (Å²) in [4.78, 5) is 18.4. The maximum absolute atomic E-state index is 11.7. The Morgan fingerprint density at radius 2 is 2.07 bits per heavy atom. The van der Waals surface area contributed by atoms with Gasteiger partial charge in [0.25, 0.3) is 5.91 Å². The van der Waals surface area contributed by atoms with Gasteiger partial charge in [0.2, 0.25) is 5.96 Å². The van der Waals surface area contributed by atoms with Crippen LogP contribution in [0.5, 0.6) is 5.75 Å². The molecule has 1 aromatic rings. The number of halogens is 1. The number of hydrogen-bond acceptors (Lipinski definition) is 7. The maximum Gasteiger partial charge on any atom is 0.266 e. The fourth-order valence-corrected chi connectivity index (χ4v) is 3.05. The van der Waals surface area contributed by atoms with Gasteiger partial charge in [-0.25, -0.2) is 0 Å². The van der Waals surface area contributed by atoms with Gasteiger partial charge in [0, 0.05) is 12.2 Å². The van der Waals surface area contributed by atoms with Crippen LogP contribution in [0.1, 0.15) is 26.7 Å². The van der Waals surface area contributed by atoms with Crippen molar-refractivity contribution in [2.45, 2.75) is 44.5 Å². The molecule has 0 radical (unpaired) electrons. The van der Waals surface area contributed by atoms with E-state index in [4.69, 9.17) is 38.6 Å². The average molecular weight is 438 g/mol. The summed E-state index contributed by atoms with van der Waals surface area (Å²) in [7, 11) is 0. The SMILES string of the molecule is CCCCN(C(=N)N1C(=N)C(Cl)N=C(C(N)=O)C1N)c1ccc(OCC(C)O)cc1. The number of unbranched alkanes of at least 4 members (excludes halogenated alkanes) is 1. The van der Waals surface area contributed by atoms with E-state index in [-0.39, 0.29) is 24.1 Å². The number of carbonyl (C=O) groups is 1. The Morgan fingerprint density at radius 3 is 2.60 bits per heavy atom. The zero-order chi connectivity index (χ0) is 22.4. The first-order valence-corrected chi connectivity index (χ1v) is 10.0. The van der Waals surface area contributed by atoms with E-state index in [1.807, 2.05) is 6.92 Å². The highest BCUT2D eigenvalue weighted by Gasteiger charge is 2.38. The molecule has 1 heterocycles. The maximum atomic E-state index is 11.7. The van der Waals surface area contributed by atoms with Gasteiger partial charge in [-0.05, 0) is 37.6 Å². The van der Waals surface area contributed by atoms with Gasteiger partial charge in [0.15, 0.2) is 5.50 Å². The highest BCUT2D eigenvalue weighted by atomic mass is 35.5. The van der Waals surface area contributed by atoms with Gasteiger partial charge < -0.3 is 26.2 Å². The smallest absolute Gasteiger partial charge is 0.266 e. The Morgan fingerprint density at radius 1 is 1.43 bits per heavy atom. The average Bonchev–Trinajstić information content (AvgIpc) is 2.70. The number of alkyl halides is 1. The van der Waals surface area contributed by atoms with Crippen molar-refractivity contribution in [2.75, 3.05) is 18.1 Å². The normalized spacial score (nSPS) is 19.8. The molecule has 164 valence electrons. The van der Waals surface area contributed by atoms with Crippen LogP contribution in [0.3, 0.4) is 0 Å². The summed E-state index contributed by atoms with van der Waals surface area (Å²) in [5.74, 6) is -0.596. The highest BCUT2D eigenvalue weighted by Crippen LogP contribution is 2.24. The second-order valence-corrected chi connectivity index (χ2v) is 7.31.